The van der Waals surface area contributed by atoms with Crippen molar-refractivity contribution in [1.29, 1.82) is 0 Å². The first-order chi connectivity index (χ1) is 8.47. The Hall–Kier alpha value is -1.89. The Morgan fingerprint density at radius 2 is 2.06 bits per heavy atom. The van der Waals surface area contributed by atoms with Crippen LogP contribution in [-0.4, -0.2) is 53.4 Å². The summed E-state index contributed by atoms with van der Waals surface area (Å²) in [5, 5.41) is 19.7. The summed E-state index contributed by atoms with van der Waals surface area (Å²) >= 11 is 0. The Kier molecular flexibility index (Phi) is 4.85. The number of aryl methyl sites for hydroxylation is 1. The van der Waals surface area contributed by atoms with E-state index < -0.39 is 0 Å². The van der Waals surface area contributed by atoms with Crippen molar-refractivity contribution in [3.63, 3.8) is 0 Å². The van der Waals surface area contributed by atoms with Gasteiger partial charge in [0.05, 0.1) is 11.3 Å². The molecule has 0 unspecified atom stereocenters. The number of rotatable bonds is 5. The molecule has 0 fully saturated rings. The van der Waals surface area contributed by atoms with Gasteiger partial charge in [-0.1, -0.05) is 5.16 Å². The summed E-state index contributed by atoms with van der Waals surface area (Å²) in [5.74, 6) is 0.264. The van der Waals surface area contributed by atoms with Crippen molar-refractivity contribution in [3.05, 3.63) is 16.8 Å². The Morgan fingerprint density at radius 1 is 1.39 bits per heavy atom. The molecular weight excluding hydrogens is 234 g/mol. The van der Waals surface area contributed by atoms with Crippen molar-refractivity contribution >= 4 is 5.84 Å². The van der Waals surface area contributed by atoms with Crippen LogP contribution in [0.15, 0.2) is 5.16 Å². The van der Waals surface area contributed by atoms with Gasteiger partial charge < -0.3 is 20.6 Å². The van der Waals surface area contributed by atoms with Crippen molar-refractivity contribution in [3.8, 4) is 5.88 Å². The minimum absolute atomic E-state index is 0.0228. The van der Waals surface area contributed by atoms with E-state index >= 15 is 0 Å². The lowest BCUT2D eigenvalue weighted by atomic mass is 10.1. The number of amidine groups is 1. The molecule has 100 valence electrons. The number of nitrogens with zero attached hydrogens (tertiary/aromatic N) is 4. The molecule has 7 nitrogen and oxygen atoms in total. The van der Waals surface area contributed by atoms with E-state index in [2.05, 4.69) is 15.4 Å². The van der Waals surface area contributed by atoms with Crippen LogP contribution < -0.4 is 10.5 Å². The standard InChI is InChI=1S/C11H19N5O2/c1-7-8(2)13-14-11(9(7)10(12)15-17)18-6-5-16(3)4/h17H,5-6H2,1-4H3,(H2,12,15). The summed E-state index contributed by atoms with van der Waals surface area (Å²) in [5.41, 5.74) is 7.64. The van der Waals surface area contributed by atoms with Crippen LogP contribution in [0, 0.1) is 13.8 Å². The first-order valence-electron chi connectivity index (χ1n) is 5.56. The topological polar surface area (TPSA) is 96.9 Å². The highest BCUT2D eigenvalue weighted by molar-refractivity contribution is 6.00. The quantitative estimate of drug-likeness (QED) is 0.335. The first-order valence-corrected chi connectivity index (χ1v) is 5.56. The molecule has 18 heavy (non-hydrogen) atoms. The zero-order chi connectivity index (χ0) is 13.7. The zero-order valence-electron chi connectivity index (χ0n) is 11.1. The summed E-state index contributed by atoms with van der Waals surface area (Å²) in [6, 6.07) is 0. The SMILES string of the molecule is Cc1nnc(OCCN(C)C)c(/C(N)=N/O)c1C. The van der Waals surface area contributed by atoms with Crippen LogP contribution in [0.5, 0.6) is 5.88 Å². The van der Waals surface area contributed by atoms with Crippen LogP contribution in [0.2, 0.25) is 0 Å². The fraction of sp³-hybridized carbons (Fsp3) is 0.545. The van der Waals surface area contributed by atoms with Crippen molar-refractivity contribution in [2.75, 3.05) is 27.2 Å². The maximum absolute atomic E-state index is 8.79. The summed E-state index contributed by atoms with van der Waals surface area (Å²) in [7, 11) is 3.89. The Bertz CT molecular complexity index is 445. The number of oxime groups is 1. The predicted octanol–water partition coefficient (Wildman–Crippen LogP) is 0.128. The van der Waals surface area contributed by atoms with Crippen molar-refractivity contribution in [1.82, 2.24) is 15.1 Å². The van der Waals surface area contributed by atoms with Gasteiger partial charge in [0, 0.05) is 6.54 Å². The Morgan fingerprint density at radius 3 is 2.61 bits per heavy atom. The van der Waals surface area contributed by atoms with E-state index in [0.29, 0.717) is 12.2 Å². The lowest BCUT2D eigenvalue weighted by molar-refractivity contribution is 0.250. The Labute approximate surface area is 106 Å². The molecular formula is C11H19N5O2. The average Bonchev–Trinajstić information content (AvgIpc) is 2.32. The largest absolute Gasteiger partial charge is 0.475 e. The van der Waals surface area contributed by atoms with Crippen LogP contribution in [0.4, 0.5) is 0 Å². The molecule has 0 aliphatic rings. The second kappa shape index (κ2) is 6.15. The number of hydrogen-bond acceptors (Lipinski definition) is 6. The maximum atomic E-state index is 8.79. The minimum atomic E-state index is -0.0228. The molecule has 0 radical (unpaired) electrons. The molecule has 0 spiro atoms. The van der Waals surface area contributed by atoms with E-state index in [4.69, 9.17) is 15.7 Å². The molecule has 0 aromatic carbocycles. The summed E-state index contributed by atoms with van der Waals surface area (Å²) in [6.07, 6.45) is 0. The molecule has 0 saturated carbocycles. The second-order valence-corrected chi connectivity index (χ2v) is 4.23. The van der Waals surface area contributed by atoms with Crippen LogP contribution in [0.3, 0.4) is 0 Å². The van der Waals surface area contributed by atoms with Gasteiger partial charge in [-0.15, -0.1) is 5.10 Å². The molecule has 3 N–H and O–H groups in total. The normalized spacial score (nSPS) is 11.9. The molecule has 0 bridgehead atoms. The van der Waals surface area contributed by atoms with Crippen LogP contribution in [0.1, 0.15) is 16.8 Å². The molecule has 0 aliphatic carbocycles. The highest BCUT2D eigenvalue weighted by atomic mass is 16.5. The maximum Gasteiger partial charge on any atom is 0.244 e. The second-order valence-electron chi connectivity index (χ2n) is 4.23. The molecule has 1 rings (SSSR count). The van der Waals surface area contributed by atoms with Gasteiger partial charge in [0.2, 0.25) is 5.88 Å². The summed E-state index contributed by atoms with van der Waals surface area (Å²) < 4.78 is 5.52. The van der Waals surface area contributed by atoms with E-state index in [-0.39, 0.29) is 11.7 Å². The summed E-state index contributed by atoms with van der Waals surface area (Å²) in [4.78, 5) is 1.98. The van der Waals surface area contributed by atoms with Crippen LogP contribution >= 0.6 is 0 Å². The van der Waals surface area contributed by atoms with Gasteiger partial charge >= 0.3 is 0 Å². The average molecular weight is 253 g/mol. The highest BCUT2D eigenvalue weighted by Gasteiger charge is 2.16. The highest BCUT2D eigenvalue weighted by Crippen LogP contribution is 2.20. The number of aromatic nitrogens is 2. The van der Waals surface area contributed by atoms with Crippen molar-refractivity contribution < 1.29 is 9.94 Å². The van der Waals surface area contributed by atoms with Crippen LogP contribution in [-0.2, 0) is 0 Å². The van der Waals surface area contributed by atoms with Gasteiger partial charge in [0.25, 0.3) is 0 Å². The Balaban J connectivity index is 3.00. The van der Waals surface area contributed by atoms with Gasteiger partial charge in [-0.25, -0.2) is 0 Å². The van der Waals surface area contributed by atoms with Gasteiger partial charge in [0.1, 0.15) is 6.61 Å². The van der Waals surface area contributed by atoms with E-state index in [9.17, 15) is 0 Å². The van der Waals surface area contributed by atoms with Gasteiger partial charge in [-0.3, -0.25) is 0 Å². The van der Waals surface area contributed by atoms with Gasteiger partial charge in [-0.2, -0.15) is 5.10 Å². The molecule has 0 aliphatic heterocycles. The molecule has 1 aromatic rings. The molecule has 7 heteroatoms. The van der Waals surface area contributed by atoms with Crippen molar-refractivity contribution in [2.24, 2.45) is 10.9 Å². The third kappa shape index (κ3) is 3.30. The molecule has 1 heterocycles. The lowest BCUT2D eigenvalue weighted by Crippen LogP contribution is -2.23. The van der Waals surface area contributed by atoms with Crippen LogP contribution in [0.25, 0.3) is 0 Å². The molecule has 0 atom stereocenters. The monoisotopic (exact) mass is 253 g/mol. The lowest BCUT2D eigenvalue weighted by Gasteiger charge is -2.14. The van der Waals surface area contributed by atoms with Gasteiger partial charge in [0.15, 0.2) is 5.84 Å². The van der Waals surface area contributed by atoms with E-state index in [1.54, 1.807) is 6.92 Å². The van der Waals surface area contributed by atoms with E-state index in [1.165, 1.54) is 0 Å². The first kappa shape index (κ1) is 14.2. The predicted molar refractivity (Wildman–Crippen MR) is 68.1 cm³/mol. The van der Waals surface area contributed by atoms with Crippen molar-refractivity contribution in [2.45, 2.75) is 13.8 Å². The molecule has 1 aromatic heterocycles. The number of likely N-dealkylation sites (N-methyl/N-ethyl adjacent to an activating group) is 1. The number of nitrogens with two attached hydrogens (primary N) is 1. The number of hydrogen-bond donors (Lipinski definition) is 2. The summed E-state index contributed by atoms with van der Waals surface area (Å²) in [6.45, 7) is 4.83. The molecule has 0 saturated heterocycles. The number of ether oxygens (including phenoxy) is 1. The van der Waals surface area contributed by atoms with E-state index in [1.807, 2.05) is 25.9 Å². The van der Waals surface area contributed by atoms with E-state index in [0.717, 1.165) is 17.8 Å². The fourth-order valence-electron chi connectivity index (χ4n) is 1.36. The fourth-order valence-corrected chi connectivity index (χ4v) is 1.36. The smallest absolute Gasteiger partial charge is 0.244 e. The third-order valence-electron chi connectivity index (χ3n) is 2.56. The third-order valence-corrected chi connectivity index (χ3v) is 2.56. The van der Waals surface area contributed by atoms with Gasteiger partial charge in [-0.05, 0) is 33.5 Å². The minimum Gasteiger partial charge on any atom is -0.475 e. The zero-order valence-corrected chi connectivity index (χ0v) is 11.1. The molecule has 0 amide bonds.